The van der Waals surface area contributed by atoms with Crippen molar-refractivity contribution in [3.63, 3.8) is 0 Å². The van der Waals surface area contributed by atoms with E-state index < -0.39 is 15.4 Å². The zero-order chi connectivity index (χ0) is 23.6. The van der Waals surface area contributed by atoms with Crippen molar-refractivity contribution in [2.75, 3.05) is 16.6 Å². The molecular formula is C23H26N4O4S2. The molecule has 8 nitrogen and oxygen atoms in total. The molecule has 1 aliphatic rings. The van der Waals surface area contributed by atoms with E-state index in [0.717, 1.165) is 11.1 Å². The Morgan fingerprint density at radius 2 is 1.91 bits per heavy atom. The lowest BCUT2D eigenvalue weighted by atomic mass is 9.89. The van der Waals surface area contributed by atoms with Crippen LogP contribution < -0.4 is 14.8 Å². The lowest BCUT2D eigenvalue weighted by Gasteiger charge is -2.21. The van der Waals surface area contributed by atoms with Gasteiger partial charge in [0.15, 0.2) is 5.13 Å². The quantitative estimate of drug-likeness (QED) is 0.463. The molecule has 0 aliphatic heterocycles. The van der Waals surface area contributed by atoms with Crippen LogP contribution in [0.25, 0.3) is 11.1 Å². The predicted molar refractivity (Wildman–Crippen MR) is 130 cm³/mol. The Balaban J connectivity index is 1.43. The van der Waals surface area contributed by atoms with Crippen LogP contribution in [0.5, 0.6) is 5.75 Å². The van der Waals surface area contributed by atoms with E-state index in [2.05, 4.69) is 20.0 Å². The molecule has 0 spiro atoms. The molecule has 0 saturated heterocycles. The van der Waals surface area contributed by atoms with Crippen LogP contribution in [-0.2, 0) is 20.2 Å². The maximum Gasteiger partial charge on any atom is 0.237 e. The fourth-order valence-corrected chi connectivity index (χ4v) is 5.64. The number of amides is 1. The van der Waals surface area contributed by atoms with Crippen LogP contribution in [0.15, 0.2) is 48.1 Å². The topological polar surface area (TPSA) is 110 Å². The number of nitrogens with zero attached hydrogens (tertiary/aromatic N) is 2. The molecular weight excluding hydrogens is 460 g/mol. The van der Waals surface area contributed by atoms with Crippen molar-refractivity contribution >= 4 is 38.1 Å². The van der Waals surface area contributed by atoms with Gasteiger partial charge in [0.1, 0.15) is 5.75 Å². The SMILES string of the molecule is CCOc1cncc(-c2ccc(NC(=O)C(C)(C)c3csc(NS(=O)(=O)C4CC4)n3)cc2)c1. The van der Waals surface area contributed by atoms with E-state index >= 15 is 0 Å². The summed E-state index contributed by atoms with van der Waals surface area (Å²) in [7, 11) is -3.39. The third-order valence-corrected chi connectivity index (χ3v) is 8.12. The highest BCUT2D eigenvalue weighted by Gasteiger charge is 2.37. The molecule has 4 rings (SSSR count). The minimum Gasteiger partial charge on any atom is -0.492 e. The highest BCUT2D eigenvalue weighted by molar-refractivity contribution is 7.93. The van der Waals surface area contributed by atoms with Crippen LogP contribution in [0.2, 0.25) is 0 Å². The maximum atomic E-state index is 13.0. The highest BCUT2D eigenvalue weighted by Crippen LogP contribution is 2.33. The van der Waals surface area contributed by atoms with Gasteiger partial charge in [-0.05, 0) is 57.4 Å². The summed E-state index contributed by atoms with van der Waals surface area (Å²) in [5, 5.41) is 4.59. The second-order valence-electron chi connectivity index (χ2n) is 8.38. The molecule has 1 aliphatic carbocycles. The van der Waals surface area contributed by atoms with Gasteiger partial charge in [-0.2, -0.15) is 0 Å². The Bertz CT molecular complexity index is 1250. The number of thiazole rings is 1. The van der Waals surface area contributed by atoms with E-state index in [1.165, 1.54) is 11.3 Å². The molecule has 3 aromatic rings. The molecule has 0 unspecified atom stereocenters. The molecule has 1 fully saturated rings. The minimum atomic E-state index is -3.39. The first kappa shape index (κ1) is 23.2. The number of benzene rings is 1. The number of carbonyl (C=O) groups excluding carboxylic acids is 1. The molecule has 33 heavy (non-hydrogen) atoms. The molecule has 174 valence electrons. The van der Waals surface area contributed by atoms with Crippen LogP contribution in [0, 0.1) is 0 Å². The van der Waals surface area contributed by atoms with Gasteiger partial charge in [-0.3, -0.25) is 14.5 Å². The second-order valence-corrected chi connectivity index (χ2v) is 11.2. The maximum absolute atomic E-state index is 13.0. The van der Waals surface area contributed by atoms with Crippen molar-refractivity contribution in [3.05, 3.63) is 53.8 Å². The summed E-state index contributed by atoms with van der Waals surface area (Å²) in [4.78, 5) is 21.6. The van der Waals surface area contributed by atoms with E-state index in [9.17, 15) is 13.2 Å². The van der Waals surface area contributed by atoms with Crippen molar-refractivity contribution < 1.29 is 17.9 Å². The molecule has 1 amide bonds. The lowest BCUT2D eigenvalue weighted by molar-refractivity contribution is -0.120. The standard InChI is InChI=1S/C23H26N4O4S2/c1-4-31-18-11-16(12-24-13-18)15-5-7-17(8-6-15)25-21(28)23(2,3)20-14-32-22(26-20)27-33(29,30)19-9-10-19/h5-8,11-14,19H,4,9-10H2,1-3H3,(H,25,28)(H,26,27). The van der Waals surface area contributed by atoms with E-state index in [1.807, 2.05) is 37.3 Å². The zero-order valence-corrected chi connectivity index (χ0v) is 20.3. The van der Waals surface area contributed by atoms with Gasteiger partial charge < -0.3 is 10.1 Å². The van der Waals surface area contributed by atoms with Crippen LogP contribution >= 0.6 is 11.3 Å². The molecule has 1 aromatic carbocycles. The van der Waals surface area contributed by atoms with Gasteiger partial charge >= 0.3 is 0 Å². The average Bonchev–Trinajstić information content (AvgIpc) is 3.55. The molecule has 0 bridgehead atoms. The first-order valence-corrected chi connectivity index (χ1v) is 13.1. The highest BCUT2D eigenvalue weighted by atomic mass is 32.2. The fraction of sp³-hybridized carbons (Fsp3) is 0.348. The van der Waals surface area contributed by atoms with Gasteiger partial charge in [0, 0.05) is 22.8 Å². The summed E-state index contributed by atoms with van der Waals surface area (Å²) in [5.74, 6) is 0.466. The van der Waals surface area contributed by atoms with E-state index in [0.29, 0.717) is 36.6 Å². The van der Waals surface area contributed by atoms with Gasteiger partial charge in [0.2, 0.25) is 15.9 Å². The molecule has 2 aromatic heterocycles. The molecule has 2 heterocycles. The van der Waals surface area contributed by atoms with Gasteiger partial charge in [-0.15, -0.1) is 11.3 Å². The van der Waals surface area contributed by atoms with E-state index in [-0.39, 0.29) is 16.3 Å². The van der Waals surface area contributed by atoms with Gasteiger partial charge in [-0.25, -0.2) is 13.4 Å². The monoisotopic (exact) mass is 486 g/mol. The van der Waals surface area contributed by atoms with Crippen molar-refractivity contribution in [2.24, 2.45) is 0 Å². The summed E-state index contributed by atoms with van der Waals surface area (Å²) in [6, 6.07) is 9.39. The molecule has 10 heteroatoms. The third-order valence-electron chi connectivity index (χ3n) is 5.41. The number of ether oxygens (including phenoxy) is 1. The van der Waals surface area contributed by atoms with Crippen LogP contribution in [0.3, 0.4) is 0 Å². The molecule has 1 saturated carbocycles. The Hall–Kier alpha value is -2.98. The predicted octanol–water partition coefficient (Wildman–Crippen LogP) is 4.42. The number of sulfonamides is 1. The number of nitrogens with one attached hydrogen (secondary N) is 2. The van der Waals surface area contributed by atoms with Gasteiger partial charge in [0.05, 0.1) is 29.2 Å². The van der Waals surface area contributed by atoms with Crippen LogP contribution in [0.4, 0.5) is 10.8 Å². The van der Waals surface area contributed by atoms with E-state index in [4.69, 9.17) is 4.74 Å². The van der Waals surface area contributed by atoms with Crippen LogP contribution in [-0.4, -0.2) is 36.1 Å². The lowest BCUT2D eigenvalue weighted by Crippen LogP contribution is -2.35. The molecule has 0 radical (unpaired) electrons. The van der Waals surface area contributed by atoms with Gasteiger partial charge in [0.25, 0.3) is 0 Å². The number of pyridine rings is 1. The number of hydrogen-bond acceptors (Lipinski definition) is 7. The van der Waals surface area contributed by atoms with Crippen molar-refractivity contribution in [2.45, 2.75) is 44.3 Å². The smallest absolute Gasteiger partial charge is 0.237 e. The largest absolute Gasteiger partial charge is 0.492 e. The van der Waals surface area contributed by atoms with Crippen molar-refractivity contribution in [1.82, 2.24) is 9.97 Å². The zero-order valence-electron chi connectivity index (χ0n) is 18.7. The van der Waals surface area contributed by atoms with Crippen molar-refractivity contribution in [1.29, 1.82) is 0 Å². The third kappa shape index (κ3) is 5.33. The summed E-state index contributed by atoms with van der Waals surface area (Å²) < 4.78 is 32.3. The number of carbonyl (C=O) groups is 1. The second kappa shape index (κ2) is 9.11. The molecule has 2 N–H and O–H groups in total. The first-order chi connectivity index (χ1) is 15.7. The minimum absolute atomic E-state index is 0.239. The summed E-state index contributed by atoms with van der Waals surface area (Å²) in [6.07, 6.45) is 4.78. The Morgan fingerprint density at radius 1 is 1.18 bits per heavy atom. The van der Waals surface area contributed by atoms with Gasteiger partial charge in [-0.1, -0.05) is 12.1 Å². The number of aromatic nitrogens is 2. The molecule has 0 atom stereocenters. The fourth-order valence-electron chi connectivity index (χ4n) is 3.16. The summed E-state index contributed by atoms with van der Waals surface area (Å²) in [5.41, 5.74) is 2.08. The van der Waals surface area contributed by atoms with Crippen molar-refractivity contribution in [3.8, 4) is 16.9 Å². The van der Waals surface area contributed by atoms with Crippen LogP contribution in [0.1, 0.15) is 39.3 Å². The number of rotatable bonds is 9. The number of hydrogen-bond donors (Lipinski definition) is 2. The summed E-state index contributed by atoms with van der Waals surface area (Å²) in [6.45, 7) is 6.01. The van der Waals surface area contributed by atoms with E-state index in [1.54, 1.807) is 31.6 Å². The number of anilines is 2. The Morgan fingerprint density at radius 3 is 2.58 bits per heavy atom. The Kier molecular flexibility index (Phi) is 6.40. The average molecular weight is 487 g/mol. The first-order valence-electron chi connectivity index (χ1n) is 10.7. The normalized spacial score (nSPS) is 14.0. The Labute approximate surface area is 197 Å². The summed E-state index contributed by atoms with van der Waals surface area (Å²) >= 11 is 1.18.